The summed E-state index contributed by atoms with van der Waals surface area (Å²) in [4.78, 5) is 1.54. The number of aliphatic hydroxyl groups excluding tert-OH is 1. The minimum absolute atomic E-state index is 0.349. The van der Waals surface area contributed by atoms with Gasteiger partial charge in [0.1, 0.15) is 0 Å². The molecule has 0 spiro atoms. The number of nitrogens with one attached hydrogen (secondary N) is 1. The molecule has 1 heterocycles. The number of hydrogen-bond acceptors (Lipinski definition) is 3. The van der Waals surface area contributed by atoms with E-state index in [0.29, 0.717) is 24.6 Å². The van der Waals surface area contributed by atoms with Gasteiger partial charge in [-0.2, -0.15) is 0 Å². The van der Waals surface area contributed by atoms with E-state index in [1.54, 1.807) is 0 Å². The molecule has 0 aromatic carbocycles. The summed E-state index contributed by atoms with van der Waals surface area (Å²) < 4.78 is 0. The predicted molar refractivity (Wildman–Crippen MR) is 57.5 cm³/mol. The molecule has 14 heavy (non-hydrogen) atoms. The highest BCUT2D eigenvalue weighted by atomic mass is 32.1. The lowest BCUT2D eigenvalue weighted by molar-refractivity contribution is 0.269. The maximum absolute atomic E-state index is 8.97. The Kier molecular flexibility index (Phi) is 2.11. The third-order valence-electron chi connectivity index (χ3n) is 3.37. The molecule has 3 atom stereocenters. The molecule has 1 fully saturated rings. The molecular formula is C11H15NOS. The van der Waals surface area contributed by atoms with Gasteiger partial charge in [0.15, 0.2) is 0 Å². The van der Waals surface area contributed by atoms with E-state index in [1.807, 2.05) is 11.3 Å². The fraction of sp³-hybridized carbons (Fsp3) is 0.636. The Morgan fingerprint density at radius 3 is 3.29 bits per heavy atom. The lowest BCUT2D eigenvalue weighted by atomic mass is 10.2. The van der Waals surface area contributed by atoms with Crippen LogP contribution < -0.4 is 5.32 Å². The van der Waals surface area contributed by atoms with Crippen LogP contribution in [0.5, 0.6) is 0 Å². The van der Waals surface area contributed by atoms with Crippen LogP contribution in [0.1, 0.15) is 29.3 Å². The monoisotopic (exact) mass is 209 g/mol. The molecule has 3 heteroatoms. The van der Waals surface area contributed by atoms with E-state index in [2.05, 4.69) is 16.8 Å². The van der Waals surface area contributed by atoms with Crippen LogP contribution in [-0.2, 0) is 6.42 Å². The second-order valence-corrected chi connectivity index (χ2v) is 5.30. The first kappa shape index (κ1) is 8.89. The van der Waals surface area contributed by atoms with Gasteiger partial charge in [-0.15, -0.1) is 11.3 Å². The minimum atomic E-state index is 0.349. The smallest absolute Gasteiger partial charge is 0.0474 e. The Morgan fingerprint density at radius 2 is 2.50 bits per heavy atom. The van der Waals surface area contributed by atoms with Gasteiger partial charge in [0.25, 0.3) is 0 Å². The molecule has 1 aromatic heterocycles. The molecule has 0 aliphatic heterocycles. The summed E-state index contributed by atoms with van der Waals surface area (Å²) >= 11 is 1.87. The Hall–Kier alpha value is -0.380. The van der Waals surface area contributed by atoms with Gasteiger partial charge >= 0.3 is 0 Å². The zero-order chi connectivity index (χ0) is 9.54. The summed E-state index contributed by atoms with van der Waals surface area (Å²) in [6.07, 6.45) is 3.64. The molecule has 0 saturated heterocycles. The van der Waals surface area contributed by atoms with Gasteiger partial charge < -0.3 is 10.4 Å². The second kappa shape index (κ2) is 3.33. The number of aryl methyl sites for hydroxylation is 1. The van der Waals surface area contributed by atoms with E-state index in [9.17, 15) is 0 Å². The number of aliphatic hydroxyl groups is 1. The Balaban J connectivity index is 1.66. The first-order valence-corrected chi connectivity index (χ1v) is 6.19. The zero-order valence-corrected chi connectivity index (χ0v) is 8.89. The molecule has 3 rings (SSSR count). The molecular weight excluding hydrogens is 194 g/mol. The second-order valence-electron chi connectivity index (χ2n) is 4.35. The van der Waals surface area contributed by atoms with Crippen LogP contribution in [-0.4, -0.2) is 17.8 Å². The quantitative estimate of drug-likeness (QED) is 0.794. The molecule has 2 N–H and O–H groups in total. The molecule has 3 unspecified atom stereocenters. The highest BCUT2D eigenvalue weighted by Gasteiger charge is 2.39. The molecule has 0 radical (unpaired) electrons. The van der Waals surface area contributed by atoms with Crippen molar-refractivity contribution in [2.24, 2.45) is 5.92 Å². The molecule has 2 aliphatic carbocycles. The molecule has 1 saturated carbocycles. The van der Waals surface area contributed by atoms with E-state index in [1.165, 1.54) is 23.3 Å². The normalized spacial score (nSPS) is 34.5. The van der Waals surface area contributed by atoms with Crippen LogP contribution in [0, 0.1) is 5.92 Å². The van der Waals surface area contributed by atoms with Crippen LogP contribution in [0.3, 0.4) is 0 Å². The average Bonchev–Trinajstić information content (AvgIpc) is 2.58. The van der Waals surface area contributed by atoms with Gasteiger partial charge in [-0.25, -0.2) is 0 Å². The lowest BCUT2D eigenvalue weighted by Crippen LogP contribution is -2.23. The number of thiophene rings is 1. The lowest BCUT2D eigenvalue weighted by Gasteiger charge is -2.11. The molecule has 0 amide bonds. The van der Waals surface area contributed by atoms with E-state index >= 15 is 0 Å². The van der Waals surface area contributed by atoms with Gasteiger partial charge in [-0.05, 0) is 42.2 Å². The summed E-state index contributed by atoms with van der Waals surface area (Å²) in [6, 6.07) is 3.41. The van der Waals surface area contributed by atoms with Crippen molar-refractivity contribution in [2.45, 2.75) is 31.3 Å². The first-order chi connectivity index (χ1) is 6.88. The number of rotatable bonds is 3. The first-order valence-electron chi connectivity index (χ1n) is 5.31. The van der Waals surface area contributed by atoms with Gasteiger partial charge in [-0.1, -0.05) is 0 Å². The summed E-state index contributed by atoms with van der Waals surface area (Å²) in [5, 5.41) is 14.8. The van der Waals surface area contributed by atoms with Crippen molar-refractivity contribution in [2.75, 3.05) is 6.61 Å². The predicted octanol–water partition coefficient (Wildman–Crippen LogP) is 1.71. The van der Waals surface area contributed by atoms with Crippen molar-refractivity contribution < 1.29 is 5.11 Å². The number of fused-ring (bicyclic) bond motifs is 1. The standard InChI is InChI=1S/C11H15NOS/c13-6-8-5-10(8)12-9-2-1-7-3-4-14-11(7)9/h3-4,8-10,12-13H,1-2,5-6H2. The van der Waals surface area contributed by atoms with Crippen molar-refractivity contribution in [3.8, 4) is 0 Å². The number of hydrogen-bond donors (Lipinski definition) is 2. The highest BCUT2D eigenvalue weighted by Crippen LogP contribution is 2.39. The van der Waals surface area contributed by atoms with Crippen molar-refractivity contribution in [3.63, 3.8) is 0 Å². The Labute approximate surface area is 88.0 Å². The fourth-order valence-corrected chi connectivity index (χ4v) is 3.41. The van der Waals surface area contributed by atoms with Crippen LogP contribution >= 0.6 is 11.3 Å². The minimum Gasteiger partial charge on any atom is -0.396 e. The van der Waals surface area contributed by atoms with Crippen molar-refractivity contribution in [1.29, 1.82) is 0 Å². The van der Waals surface area contributed by atoms with Crippen molar-refractivity contribution in [1.82, 2.24) is 5.32 Å². The maximum Gasteiger partial charge on any atom is 0.0474 e. The van der Waals surface area contributed by atoms with E-state index < -0.39 is 0 Å². The molecule has 2 aliphatic rings. The van der Waals surface area contributed by atoms with Gasteiger partial charge in [0.2, 0.25) is 0 Å². The summed E-state index contributed by atoms with van der Waals surface area (Å²) in [7, 11) is 0. The SMILES string of the molecule is OCC1CC1NC1CCc2ccsc21. The van der Waals surface area contributed by atoms with Crippen molar-refractivity contribution in [3.05, 3.63) is 21.9 Å². The van der Waals surface area contributed by atoms with Gasteiger partial charge in [0.05, 0.1) is 0 Å². The Bertz CT molecular complexity index is 336. The van der Waals surface area contributed by atoms with Gasteiger partial charge in [-0.3, -0.25) is 0 Å². The average molecular weight is 209 g/mol. The highest BCUT2D eigenvalue weighted by molar-refractivity contribution is 7.10. The van der Waals surface area contributed by atoms with Crippen LogP contribution in [0.15, 0.2) is 11.4 Å². The van der Waals surface area contributed by atoms with E-state index in [0.717, 1.165) is 6.42 Å². The topological polar surface area (TPSA) is 32.3 Å². The largest absolute Gasteiger partial charge is 0.396 e. The van der Waals surface area contributed by atoms with Crippen LogP contribution in [0.2, 0.25) is 0 Å². The van der Waals surface area contributed by atoms with Crippen LogP contribution in [0.25, 0.3) is 0 Å². The maximum atomic E-state index is 8.97. The molecule has 76 valence electrons. The summed E-state index contributed by atoms with van der Waals surface area (Å²) in [5.74, 6) is 0.527. The molecule has 0 bridgehead atoms. The van der Waals surface area contributed by atoms with Crippen LogP contribution in [0.4, 0.5) is 0 Å². The summed E-state index contributed by atoms with van der Waals surface area (Å²) in [6.45, 7) is 0.349. The molecule has 2 nitrogen and oxygen atoms in total. The fourth-order valence-electron chi connectivity index (χ4n) is 2.36. The Morgan fingerprint density at radius 1 is 1.57 bits per heavy atom. The zero-order valence-electron chi connectivity index (χ0n) is 8.07. The third kappa shape index (κ3) is 1.40. The van der Waals surface area contributed by atoms with Crippen molar-refractivity contribution >= 4 is 11.3 Å². The third-order valence-corrected chi connectivity index (χ3v) is 4.44. The van der Waals surface area contributed by atoms with E-state index in [4.69, 9.17) is 5.11 Å². The van der Waals surface area contributed by atoms with Gasteiger partial charge in [0, 0.05) is 23.6 Å². The molecule has 1 aromatic rings. The summed E-state index contributed by atoms with van der Waals surface area (Å²) in [5.41, 5.74) is 1.54. The van der Waals surface area contributed by atoms with E-state index in [-0.39, 0.29) is 0 Å².